The fraction of sp³-hybridized carbons (Fsp3) is 0.200. The third kappa shape index (κ3) is 3.10. The van der Waals surface area contributed by atoms with E-state index in [-0.39, 0.29) is 5.56 Å². The number of carboxylic acid groups (broad SMARTS) is 1. The molecule has 0 radical (unpaired) electrons. The Morgan fingerprint density at radius 1 is 1.32 bits per heavy atom. The Hall–Kier alpha value is -2.36. The molecule has 1 aromatic heterocycles. The average Bonchev–Trinajstić information content (AvgIpc) is 2.39. The fourth-order valence-electron chi connectivity index (χ4n) is 2.02. The van der Waals surface area contributed by atoms with Crippen molar-refractivity contribution in [3.05, 3.63) is 59.3 Å². The Labute approximate surface area is 112 Å². The van der Waals surface area contributed by atoms with Crippen molar-refractivity contribution in [1.82, 2.24) is 4.98 Å². The van der Waals surface area contributed by atoms with Gasteiger partial charge in [-0.1, -0.05) is 30.3 Å². The second-order valence-corrected chi connectivity index (χ2v) is 4.51. The normalized spacial score (nSPS) is 10.2. The number of aryl methyl sites for hydroxylation is 1. The molecule has 0 aliphatic heterocycles. The zero-order valence-corrected chi connectivity index (χ0v) is 11.0. The summed E-state index contributed by atoms with van der Waals surface area (Å²) in [4.78, 5) is 17.1. The molecule has 0 aliphatic rings. The van der Waals surface area contributed by atoms with Gasteiger partial charge in [-0.15, -0.1) is 0 Å². The smallest absolute Gasteiger partial charge is 0.337 e. The zero-order valence-electron chi connectivity index (χ0n) is 11.0. The first-order valence-electron chi connectivity index (χ1n) is 6.03. The van der Waals surface area contributed by atoms with Crippen molar-refractivity contribution >= 4 is 11.8 Å². The molecule has 0 spiro atoms. The molecule has 98 valence electrons. The van der Waals surface area contributed by atoms with Gasteiger partial charge in [0.05, 0.1) is 5.56 Å². The zero-order chi connectivity index (χ0) is 13.8. The van der Waals surface area contributed by atoms with E-state index in [4.69, 9.17) is 5.11 Å². The number of pyridine rings is 1. The van der Waals surface area contributed by atoms with Crippen LogP contribution in [0.5, 0.6) is 0 Å². The van der Waals surface area contributed by atoms with Gasteiger partial charge in [0.1, 0.15) is 5.82 Å². The van der Waals surface area contributed by atoms with Gasteiger partial charge in [0.25, 0.3) is 0 Å². The van der Waals surface area contributed by atoms with Crippen molar-refractivity contribution in [2.75, 3.05) is 11.9 Å². The summed E-state index contributed by atoms with van der Waals surface area (Å²) in [5, 5.41) is 8.92. The largest absolute Gasteiger partial charge is 0.478 e. The molecule has 4 nitrogen and oxygen atoms in total. The van der Waals surface area contributed by atoms with Crippen LogP contribution in [0.25, 0.3) is 0 Å². The summed E-state index contributed by atoms with van der Waals surface area (Å²) < 4.78 is 0. The topological polar surface area (TPSA) is 53.4 Å². The van der Waals surface area contributed by atoms with Crippen LogP contribution < -0.4 is 4.90 Å². The van der Waals surface area contributed by atoms with Crippen LogP contribution >= 0.6 is 0 Å². The van der Waals surface area contributed by atoms with Crippen LogP contribution in [0.3, 0.4) is 0 Å². The molecule has 2 aromatic rings. The van der Waals surface area contributed by atoms with Crippen molar-refractivity contribution in [3.63, 3.8) is 0 Å². The lowest BCUT2D eigenvalue weighted by Crippen LogP contribution is -2.19. The SMILES string of the molecule is Cc1cc(C(=O)O)cnc1N(C)Cc1ccccc1. The van der Waals surface area contributed by atoms with Crippen LogP contribution in [0.2, 0.25) is 0 Å². The van der Waals surface area contributed by atoms with Crippen LogP contribution in [0, 0.1) is 6.92 Å². The van der Waals surface area contributed by atoms with E-state index in [1.807, 2.05) is 37.1 Å². The summed E-state index contributed by atoms with van der Waals surface area (Å²) >= 11 is 0. The molecule has 0 fully saturated rings. The van der Waals surface area contributed by atoms with Crippen LogP contribution in [0.15, 0.2) is 42.6 Å². The number of benzene rings is 1. The molecule has 0 aliphatic carbocycles. The van der Waals surface area contributed by atoms with Gasteiger partial charge in [-0.05, 0) is 24.1 Å². The maximum Gasteiger partial charge on any atom is 0.337 e. The molecule has 1 heterocycles. The van der Waals surface area contributed by atoms with Gasteiger partial charge in [-0.3, -0.25) is 0 Å². The number of carbonyl (C=O) groups is 1. The molecule has 4 heteroatoms. The predicted octanol–water partition coefficient (Wildman–Crippen LogP) is 2.72. The van der Waals surface area contributed by atoms with E-state index < -0.39 is 5.97 Å². The summed E-state index contributed by atoms with van der Waals surface area (Å²) in [6, 6.07) is 11.7. The third-order valence-corrected chi connectivity index (χ3v) is 2.92. The summed E-state index contributed by atoms with van der Waals surface area (Å²) in [6.07, 6.45) is 1.40. The van der Waals surface area contributed by atoms with Crippen LogP contribution in [0.4, 0.5) is 5.82 Å². The van der Waals surface area contributed by atoms with Gasteiger partial charge in [0.2, 0.25) is 0 Å². The molecular formula is C15H16N2O2. The second kappa shape index (κ2) is 5.52. The summed E-state index contributed by atoms with van der Waals surface area (Å²) in [5.41, 5.74) is 2.27. The fourth-order valence-corrected chi connectivity index (χ4v) is 2.02. The minimum absolute atomic E-state index is 0.217. The average molecular weight is 256 g/mol. The molecule has 0 saturated heterocycles. The molecule has 19 heavy (non-hydrogen) atoms. The predicted molar refractivity (Wildman–Crippen MR) is 74.5 cm³/mol. The molecule has 1 aromatic carbocycles. The highest BCUT2D eigenvalue weighted by atomic mass is 16.4. The highest BCUT2D eigenvalue weighted by molar-refractivity contribution is 5.87. The lowest BCUT2D eigenvalue weighted by molar-refractivity contribution is 0.0696. The standard InChI is InChI=1S/C15H16N2O2/c1-11-8-13(15(18)19)9-16-14(11)17(2)10-12-6-4-3-5-7-12/h3-9H,10H2,1-2H3,(H,18,19). The lowest BCUT2D eigenvalue weighted by atomic mass is 10.1. The van der Waals surface area contributed by atoms with Crippen molar-refractivity contribution in [2.24, 2.45) is 0 Å². The Morgan fingerprint density at radius 3 is 2.58 bits per heavy atom. The number of hydrogen-bond acceptors (Lipinski definition) is 3. The number of aromatic nitrogens is 1. The molecule has 1 N–H and O–H groups in total. The number of carboxylic acids is 1. The number of rotatable bonds is 4. The number of hydrogen-bond donors (Lipinski definition) is 1. The first-order chi connectivity index (χ1) is 9.08. The molecular weight excluding hydrogens is 240 g/mol. The second-order valence-electron chi connectivity index (χ2n) is 4.51. The van der Waals surface area contributed by atoms with Crippen LogP contribution in [0.1, 0.15) is 21.5 Å². The van der Waals surface area contributed by atoms with Crippen LogP contribution in [-0.4, -0.2) is 23.1 Å². The summed E-state index contributed by atoms with van der Waals surface area (Å²) in [7, 11) is 1.95. The monoisotopic (exact) mass is 256 g/mol. The molecule has 0 unspecified atom stereocenters. The number of aromatic carboxylic acids is 1. The molecule has 2 rings (SSSR count). The Bertz CT molecular complexity index is 582. The minimum Gasteiger partial charge on any atom is -0.478 e. The molecule has 0 bridgehead atoms. The maximum absolute atomic E-state index is 10.9. The van der Waals surface area contributed by atoms with E-state index in [9.17, 15) is 4.79 Å². The first-order valence-corrected chi connectivity index (χ1v) is 6.03. The highest BCUT2D eigenvalue weighted by Crippen LogP contribution is 2.18. The van der Waals surface area contributed by atoms with E-state index in [0.717, 1.165) is 17.9 Å². The van der Waals surface area contributed by atoms with Gasteiger partial charge >= 0.3 is 5.97 Å². The number of nitrogens with zero attached hydrogens (tertiary/aromatic N) is 2. The Balaban J connectivity index is 2.20. The van der Waals surface area contributed by atoms with E-state index in [2.05, 4.69) is 17.1 Å². The molecule has 0 saturated carbocycles. The molecule has 0 atom stereocenters. The van der Waals surface area contributed by atoms with Gasteiger partial charge in [-0.25, -0.2) is 9.78 Å². The van der Waals surface area contributed by atoms with E-state index in [0.29, 0.717) is 0 Å². The quantitative estimate of drug-likeness (QED) is 0.913. The highest BCUT2D eigenvalue weighted by Gasteiger charge is 2.10. The van der Waals surface area contributed by atoms with Crippen LogP contribution in [-0.2, 0) is 6.54 Å². The first kappa shape index (κ1) is 13.1. The van der Waals surface area contributed by atoms with Crippen molar-refractivity contribution in [3.8, 4) is 0 Å². The van der Waals surface area contributed by atoms with Gasteiger partial charge in [-0.2, -0.15) is 0 Å². The van der Waals surface area contributed by atoms with E-state index in [1.165, 1.54) is 11.8 Å². The van der Waals surface area contributed by atoms with Gasteiger partial charge in [0.15, 0.2) is 0 Å². The summed E-state index contributed by atoms with van der Waals surface area (Å²) in [5.74, 6) is -0.151. The minimum atomic E-state index is -0.951. The van der Waals surface area contributed by atoms with Crippen molar-refractivity contribution < 1.29 is 9.90 Å². The molecule has 0 amide bonds. The van der Waals surface area contributed by atoms with Crippen molar-refractivity contribution in [2.45, 2.75) is 13.5 Å². The van der Waals surface area contributed by atoms with E-state index in [1.54, 1.807) is 6.07 Å². The number of anilines is 1. The Kier molecular flexibility index (Phi) is 3.80. The van der Waals surface area contributed by atoms with Gasteiger partial charge < -0.3 is 10.0 Å². The lowest BCUT2D eigenvalue weighted by Gasteiger charge is -2.20. The van der Waals surface area contributed by atoms with Gasteiger partial charge in [0, 0.05) is 19.8 Å². The van der Waals surface area contributed by atoms with E-state index >= 15 is 0 Å². The Morgan fingerprint density at radius 2 is 2.00 bits per heavy atom. The summed E-state index contributed by atoms with van der Waals surface area (Å²) in [6.45, 7) is 2.61. The van der Waals surface area contributed by atoms with Crippen molar-refractivity contribution in [1.29, 1.82) is 0 Å². The maximum atomic E-state index is 10.9. The third-order valence-electron chi connectivity index (χ3n) is 2.92.